The summed E-state index contributed by atoms with van der Waals surface area (Å²) >= 11 is 1.53. The Morgan fingerprint density at radius 2 is 1.56 bits per heavy atom. The first-order valence-electron chi connectivity index (χ1n) is 12.1. The predicted molar refractivity (Wildman–Crippen MR) is 153 cm³/mol. The monoisotopic (exact) mass is 536 g/mol. The van der Waals surface area contributed by atoms with Gasteiger partial charge in [-0.2, -0.15) is 5.10 Å². The third-order valence-electron chi connectivity index (χ3n) is 6.33. The van der Waals surface area contributed by atoms with Crippen molar-refractivity contribution in [3.05, 3.63) is 124 Å². The Morgan fingerprint density at radius 1 is 0.949 bits per heavy atom. The molecule has 4 aromatic carbocycles. The van der Waals surface area contributed by atoms with Gasteiger partial charge in [-0.15, -0.1) is 0 Å². The molecule has 0 saturated carbocycles. The zero-order chi connectivity index (χ0) is 27.5. The number of nitrogens with one attached hydrogen (secondary N) is 1. The van der Waals surface area contributed by atoms with Gasteiger partial charge in [0, 0.05) is 44.6 Å². The topological polar surface area (TPSA) is 110 Å². The van der Waals surface area contributed by atoms with Crippen molar-refractivity contribution in [2.75, 3.05) is 0 Å². The van der Waals surface area contributed by atoms with E-state index in [-0.39, 0.29) is 17.0 Å². The summed E-state index contributed by atoms with van der Waals surface area (Å²) < 4.78 is 2.10. The number of amides is 1. The van der Waals surface area contributed by atoms with Gasteiger partial charge in [0.05, 0.1) is 16.7 Å². The van der Waals surface area contributed by atoms with E-state index in [1.165, 1.54) is 23.9 Å². The number of carbonyl (C=O) groups is 1. The number of nitro groups is 1. The van der Waals surface area contributed by atoms with E-state index in [9.17, 15) is 20.0 Å². The molecule has 5 aromatic rings. The van der Waals surface area contributed by atoms with Crippen LogP contribution >= 0.6 is 11.8 Å². The molecule has 0 saturated heterocycles. The second kappa shape index (κ2) is 10.8. The van der Waals surface area contributed by atoms with Crippen molar-refractivity contribution in [3.63, 3.8) is 0 Å². The highest BCUT2D eigenvalue weighted by atomic mass is 32.2. The molecule has 0 spiro atoms. The first-order valence-corrected chi connectivity index (χ1v) is 12.9. The van der Waals surface area contributed by atoms with Gasteiger partial charge in [-0.1, -0.05) is 36.0 Å². The molecule has 1 amide bonds. The minimum Gasteiger partial charge on any atom is -0.507 e. The second-order valence-corrected chi connectivity index (χ2v) is 10.1. The summed E-state index contributed by atoms with van der Waals surface area (Å²) in [7, 11) is 0. The van der Waals surface area contributed by atoms with Crippen molar-refractivity contribution >= 4 is 40.3 Å². The van der Waals surface area contributed by atoms with E-state index in [2.05, 4.69) is 15.1 Å². The summed E-state index contributed by atoms with van der Waals surface area (Å²) in [6, 6.07) is 27.2. The van der Waals surface area contributed by atoms with Crippen LogP contribution in [0.25, 0.3) is 16.5 Å². The largest absolute Gasteiger partial charge is 0.507 e. The highest BCUT2D eigenvalue weighted by Crippen LogP contribution is 2.30. The maximum Gasteiger partial charge on any atom is 0.275 e. The highest BCUT2D eigenvalue weighted by molar-refractivity contribution is 7.99. The normalized spacial score (nSPS) is 11.2. The van der Waals surface area contributed by atoms with Crippen molar-refractivity contribution in [2.45, 2.75) is 23.6 Å². The smallest absolute Gasteiger partial charge is 0.275 e. The fourth-order valence-corrected chi connectivity index (χ4v) is 5.20. The molecule has 8 nitrogen and oxygen atoms in total. The number of rotatable bonds is 7. The van der Waals surface area contributed by atoms with Crippen molar-refractivity contribution in [2.24, 2.45) is 5.10 Å². The fraction of sp³-hybridized carbons (Fsp3) is 0.0667. The fourth-order valence-electron chi connectivity index (χ4n) is 4.38. The second-order valence-electron chi connectivity index (χ2n) is 8.92. The molecule has 0 radical (unpaired) electrons. The first-order chi connectivity index (χ1) is 18.8. The molecule has 0 aliphatic rings. The number of carbonyl (C=O) groups excluding carboxylic acids is 1. The lowest BCUT2D eigenvalue weighted by Gasteiger charge is -2.10. The van der Waals surface area contributed by atoms with Gasteiger partial charge in [-0.25, -0.2) is 5.43 Å². The minimum atomic E-state index is -0.496. The van der Waals surface area contributed by atoms with E-state index >= 15 is 0 Å². The number of phenolic OH excluding ortho intramolecular Hbond substituents is 1. The number of aromatic nitrogens is 1. The molecule has 0 unspecified atom stereocenters. The number of aromatic hydroxyl groups is 1. The Hall–Kier alpha value is -4.89. The SMILES string of the molecule is Cc1cc(C=NNC(=O)c2cc3ccccc3cc2O)c(C)n1-c1ccc(Sc2ccc([N+](=O)[O-])cc2)cc1. The molecule has 2 N–H and O–H groups in total. The molecule has 5 rings (SSSR count). The van der Waals surface area contributed by atoms with Crippen LogP contribution in [0.15, 0.2) is 106 Å². The van der Waals surface area contributed by atoms with E-state index in [4.69, 9.17) is 0 Å². The number of hydrogen-bond donors (Lipinski definition) is 2. The van der Waals surface area contributed by atoms with E-state index in [1.807, 2.05) is 68.4 Å². The van der Waals surface area contributed by atoms with Gasteiger partial charge in [-0.05, 0) is 79.2 Å². The average Bonchev–Trinajstić information content (AvgIpc) is 3.21. The van der Waals surface area contributed by atoms with E-state index in [1.54, 1.807) is 30.5 Å². The van der Waals surface area contributed by atoms with Crippen LogP contribution in [0.4, 0.5) is 5.69 Å². The van der Waals surface area contributed by atoms with Gasteiger partial charge in [0.15, 0.2) is 0 Å². The van der Waals surface area contributed by atoms with Crippen molar-refractivity contribution in [1.29, 1.82) is 0 Å². The number of fused-ring (bicyclic) bond motifs is 1. The number of nitro benzene ring substituents is 1. The van der Waals surface area contributed by atoms with Gasteiger partial charge in [0.1, 0.15) is 5.75 Å². The third-order valence-corrected chi connectivity index (χ3v) is 7.34. The van der Waals surface area contributed by atoms with Gasteiger partial charge in [-0.3, -0.25) is 14.9 Å². The highest BCUT2D eigenvalue weighted by Gasteiger charge is 2.13. The molecule has 0 atom stereocenters. The molecule has 0 aliphatic carbocycles. The zero-order valence-corrected chi connectivity index (χ0v) is 22.0. The molecule has 0 bridgehead atoms. The number of benzene rings is 4. The Balaban J connectivity index is 1.28. The zero-order valence-electron chi connectivity index (χ0n) is 21.2. The van der Waals surface area contributed by atoms with Crippen LogP contribution in [0, 0.1) is 24.0 Å². The van der Waals surface area contributed by atoms with Gasteiger partial charge in [0.2, 0.25) is 0 Å². The molecule has 0 aliphatic heterocycles. The molecule has 194 valence electrons. The van der Waals surface area contributed by atoms with Crippen LogP contribution in [0.3, 0.4) is 0 Å². The van der Waals surface area contributed by atoms with Crippen LogP contribution in [-0.4, -0.2) is 26.7 Å². The molecule has 0 fully saturated rings. The minimum absolute atomic E-state index is 0.0685. The lowest BCUT2D eigenvalue weighted by atomic mass is 10.1. The van der Waals surface area contributed by atoms with Crippen LogP contribution < -0.4 is 5.43 Å². The average molecular weight is 537 g/mol. The lowest BCUT2D eigenvalue weighted by molar-refractivity contribution is -0.384. The Kier molecular flexibility index (Phi) is 7.16. The molecule has 39 heavy (non-hydrogen) atoms. The summed E-state index contributed by atoms with van der Waals surface area (Å²) in [6.45, 7) is 3.97. The van der Waals surface area contributed by atoms with Crippen molar-refractivity contribution in [1.82, 2.24) is 9.99 Å². The number of hydrogen-bond acceptors (Lipinski definition) is 6. The molecular weight excluding hydrogens is 512 g/mol. The maximum atomic E-state index is 12.7. The van der Waals surface area contributed by atoms with Crippen LogP contribution in [-0.2, 0) is 0 Å². The summed E-state index contributed by atoms with van der Waals surface area (Å²) in [5.74, 6) is -0.598. The quantitative estimate of drug-likeness (QED) is 0.135. The van der Waals surface area contributed by atoms with Gasteiger partial charge < -0.3 is 9.67 Å². The van der Waals surface area contributed by atoms with Gasteiger partial charge in [0.25, 0.3) is 11.6 Å². The molecule has 1 aromatic heterocycles. The standard InChI is InChI=1S/C30H24N4O4S/c1-19-15-23(18-31-32-30(36)28-16-21-5-3-4-6-22(21)17-29(28)35)20(2)33(19)24-7-11-26(12-8-24)39-27-13-9-25(10-14-27)34(37)38/h3-18,35H,1-2H3,(H,32,36). The van der Waals surface area contributed by atoms with Crippen LogP contribution in [0.2, 0.25) is 0 Å². The van der Waals surface area contributed by atoms with E-state index in [0.29, 0.717) is 0 Å². The van der Waals surface area contributed by atoms with Crippen molar-refractivity contribution < 1.29 is 14.8 Å². The molecule has 1 heterocycles. The Bertz CT molecular complexity index is 1730. The third kappa shape index (κ3) is 5.53. The molecular formula is C30H24N4O4S. The number of aryl methyl sites for hydroxylation is 1. The lowest BCUT2D eigenvalue weighted by Crippen LogP contribution is -2.17. The summed E-state index contributed by atoms with van der Waals surface area (Å²) in [5, 5.41) is 27.0. The number of non-ortho nitro benzene ring substituents is 1. The van der Waals surface area contributed by atoms with E-state index in [0.717, 1.165) is 43.2 Å². The number of hydrazone groups is 1. The van der Waals surface area contributed by atoms with Crippen LogP contribution in [0.1, 0.15) is 27.3 Å². The predicted octanol–water partition coefficient (Wildman–Crippen LogP) is 6.78. The van der Waals surface area contributed by atoms with Crippen LogP contribution in [0.5, 0.6) is 5.75 Å². The number of nitrogens with zero attached hydrogens (tertiary/aromatic N) is 3. The summed E-state index contributed by atoms with van der Waals surface area (Å²) in [5.41, 5.74) is 6.51. The number of phenols is 1. The summed E-state index contributed by atoms with van der Waals surface area (Å²) in [4.78, 5) is 25.0. The maximum absolute atomic E-state index is 12.7. The molecule has 9 heteroatoms. The Labute approximate surface area is 228 Å². The summed E-state index contributed by atoms with van der Waals surface area (Å²) in [6.07, 6.45) is 1.59. The van der Waals surface area contributed by atoms with Gasteiger partial charge >= 0.3 is 0 Å². The van der Waals surface area contributed by atoms with E-state index < -0.39 is 10.8 Å². The van der Waals surface area contributed by atoms with Crippen molar-refractivity contribution in [3.8, 4) is 11.4 Å². The first kappa shape index (κ1) is 25.7. The Morgan fingerprint density at radius 3 is 2.21 bits per heavy atom.